The zero-order valence-corrected chi connectivity index (χ0v) is 14.1. The molecule has 6 nitrogen and oxygen atoms in total. The van der Waals surface area contributed by atoms with E-state index in [-0.39, 0.29) is 18.7 Å². The molecule has 0 saturated carbocycles. The van der Waals surface area contributed by atoms with Gasteiger partial charge in [0.15, 0.2) is 0 Å². The van der Waals surface area contributed by atoms with Gasteiger partial charge < -0.3 is 20.2 Å². The summed E-state index contributed by atoms with van der Waals surface area (Å²) in [4.78, 5) is 19.9. The summed E-state index contributed by atoms with van der Waals surface area (Å²) in [6.45, 7) is 4.63. The lowest BCUT2D eigenvalue weighted by atomic mass is 9.93. The van der Waals surface area contributed by atoms with Crippen LogP contribution in [0.15, 0.2) is 24.5 Å². The molecule has 1 aliphatic heterocycles. The fourth-order valence-corrected chi connectivity index (χ4v) is 2.87. The number of hydrogen-bond donors (Lipinski definition) is 2. The van der Waals surface area contributed by atoms with E-state index in [2.05, 4.69) is 27.3 Å². The molecule has 0 aliphatic carbocycles. The first-order valence-electron chi connectivity index (χ1n) is 8.38. The van der Waals surface area contributed by atoms with Crippen molar-refractivity contribution in [2.24, 2.45) is 5.92 Å². The highest BCUT2D eigenvalue weighted by molar-refractivity contribution is 5.74. The van der Waals surface area contributed by atoms with Crippen LogP contribution in [0.1, 0.15) is 26.2 Å². The maximum atomic E-state index is 11.9. The van der Waals surface area contributed by atoms with Gasteiger partial charge in [0.1, 0.15) is 0 Å². The topological polar surface area (TPSA) is 68.7 Å². The van der Waals surface area contributed by atoms with Gasteiger partial charge in [-0.1, -0.05) is 0 Å². The van der Waals surface area contributed by atoms with Crippen LogP contribution in [0.4, 0.5) is 10.5 Å². The maximum absolute atomic E-state index is 11.9. The average molecular weight is 320 g/mol. The zero-order valence-electron chi connectivity index (χ0n) is 14.1. The molecule has 0 radical (unpaired) electrons. The molecule has 1 aliphatic rings. The molecule has 2 rings (SSSR count). The van der Waals surface area contributed by atoms with Crippen LogP contribution in [0.5, 0.6) is 0 Å². The Labute approximate surface area is 138 Å². The number of pyridine rings is 1. The molecule has 0 spiro atoms. The molecule has 1 aromatic rings. The van der Waals surface area contributed by atoms with Crippen LogP contribution < -0.4 is 10.2 Å². The van der Waals surface area contributed by atoms with Crippen LogP contribution in [0, 0.1) is 5.92 Å². The summed E-state index contributed by atoms with van der Waals surface area (Å²) in [6, 6.07) is 3.84. The Bertz CT molecular complexity index is 475. The van der Waals surface area contributed by atoms with E-state index in [0.29, 0.717) is 12.5 Å². The molecule has 1 unspecified atom stereocenters. The first kappa shape index (κ1) is 17.5. The first-order valence-corrected chi connectivity index (χ1v) is 8.38. The van der Waals surface area contributed by atoms with Crippen LogP contribution in [0.3, 0.4) is 0 Å². The Morgan fingerprint density at radius 3 is 2.70 bits per heavy atom. The zero-order chi connectivity index (χ0) is 16.7. The predicted octanol–water partition coefficient (Wildman–Crippen LogP) is 1.71. The van der Waals surface area contributed by atoms with Gasteiger partial charge in [0.25, 0.3) is 0 Å². The summed E-state index contributed by atoms with van der Waals surface area (Å²) in [6.07, 6.45) is 6.99. The van der Waals surface area contributed by atoms with Crippen LogP contribution in [0.2, 0.25) is 0 Å². The highest BCUT2D eigenvalue weighted by Gasteiger charge is 2.20. The largest absolute Gasteiger partial charge is 0.394 e. The minimum atomic E-state index is -0.154. The van der Waals surface area contributed by atoms with E-state index in [1.807, 2.05) is 19.3 Å². The van der Waals surface area contributed by atoms with Crippen LogP contribution in [-0.4, -0.2) is 60.4 Å². The fraction of sp³-hybridized carbons (Fsp3) is 0.647. The number of aliphatic hydroxyl groups is 1. The minimum absolute atomic E-state index is 0.0165. The third-order valence-electron chi connectivity index (χ3n) is 4.72. The SMILES string of the molecule is CC(CO)N(C)C(=O)NCCC1CCN(c2ccncc2)CC1. The number of aliphatic hydroxyl groups excluding tert-OH is 1. The van der Waals surface area contributed by atoms with Crippen LogP contribution in [-0.2, 0) is 0 Å². The number of hydrogen-bond acceptors (Lipinski definition) is 4. The van der Waals surface area contributed by atoms with E-state index in [1.165, 1.54) is 5.69 Å². The maximum Gasteiger partial charge on any atom is 0.317 e. The molecule has 0 aromatic carbocycles. The Hall–Kier alpha value is -1.82. The van der Waals surface area contributed by atoms with Gasteiger partial charge in [0, 0.05) is 44.8 Å². The second kappa shape index (κ2) is 8.72. The Balaban J connectivity index is 1.66. The molecule has 0 bridgehead atoms. The highest BCUT2D eigenvalue weighted by Crippen LogP contribution is 2.24. The molecule has 23 heavy (non-hydrogen) atoms. The molecule has 6 heteroatoms. The number of nitrogens with one attached hydrogen (secondary N) is 1. The van der Waals surface area contributed by atoms with E-state index in [4.69, 9.17) is 5.11 Å². The second-order valence-corrected chi connectivity index (χ2v) is 6.30. The summed E-state index contributed by atoms with van der Waals surface area (Å²) < 4.78 is 0. The van der Waals surface area contributed by atoms with Crippen LogP contribution >= 0.6 is 0 Å². The lowest BCUT2D eigenvalue weighted by Crippen LogP contribution is -2.44. The van der Waals surface area contributed by atoms with Crippen molar-refractivity contribution in [1.82, 2.24) is 15.2 Å². The molecule has 1 fully saturated rings. The van der Waals surface area contributed by atoms with E-state index in [0.717, 1.165) is 32.4 Å². The number of urea groups is 1. The molecule has 2 amide bonds. The van der Waals surface area contributed by atoms with Crippen molar-refractivity contribution >= 4 is 11.7 Å². The van der Waals surface area contributed by atoms with Gasteiger partial charge in [-0.3, -0.25) is 4.98 Å². The van der Waals surface area contributed by atoms with Crippen molar-refractivity contribution < 1.29 is 9.90 Å². The standard InChI is InChI=1S/C17H28N4O2/c1-14(13-22)20(2)17(23)19-10-3-15-6-11-21(12-7-15)16-4-8-18-9-5-16/h4-5,8-9,14-15,22H,3,6-7,10-13H2,1-2H3,(H,19,23). The van der Waals surface area contributed by atoms with Crippen molar-refractivity contribution in [3.63, 3.8) is 0 Å². The molecular formula is C17H28N4O2. The third kappa shape index (κ3) is 5.10. The number of nitrogens with zero attached hydrogens (tertiary/aromatic N) is 3. The van der Waals surface area contributed by atoms with Crippen molar-refractivity contribution in [1.29, 1.82) is 0 Å². The number of amides is 2. The van der Waals surface area contributed by atoms with Gasteiger partial charge in [0.2, 0.25) is 0 Å². The number of carbonyl (C=O) groups is 1. The number of rotatable bonds is 6. The fourth-order valence-electron chi connectivity index (χ4n) is 2.87. The van der Waals surface area contributed by atoms with E-state index in [9.17, 15) is 4.79 Å². The van der Waals surface area contributed by atoms with Crippen molar-refractivity contribution in [2.75, 3.05) is 38.2 Å². The monoisotopic (exact) mass is 320 g/mol. The smallest absolute Gasteiger partial charge is 0.317 e. The van der Waals surface area contributed by atoms with Crippen molar-refractivity contribution in [3.05, 3.63) is 24.5 Å². The number of carbonyl (C=O) groups excluding carboxylic acids is 1. The van der Waals surface area contributed by atoms with Gasteiger partial charge in [-0.2, -0.15) is 0 Å². The molecule has 1 aromatic heterocycles. The van der Waals surface area contributed by atoms with E-state index < -0.39 is 0 Å². The van der Waals surface area contributed by atoms with Crippen molar-refractivity contribution in [3.8, 4) is 0 Å². The molecule has 1 saturated heterocycles. The summed E-state index contributed by atoms with van der Waals surface area (Å²) in [5.41, 5.74) is 1.24. The summed E-state index contributed by atoms with van der Waals surface area (Å²) in [5, 5.41) is 12.0. The van der Waals surface area contributed by atoms with E-state index in [1.54, 1.807) is 11.9 Å². The Kier molecular flexibility index (Phi) is 6.65. The normalized spacial score (nSPS) is 16.9. The summed E-state index contributed by atoms with van der Waals surface area (Å²) >= 11 is 0. The first-order chi connectivity index (χ1) is 11.1. The lowest BCUT2D eigenvalue weighted by Gasteiger charge is -2.33. The average Bonchev–Trinajstić information content (AvgIpc) is 2.61. The molecule has 2 N–H and O–H groups in total. The van der Waals surface area contributed by atoms with E-state index >= 15 is 0 Å². The summed E-state index contributed by atoms with van der Waals surface area (Å²) in [5.74, 6) is 0.661. The minimum Gasteiger partial charge on any atom is -0.394 e. The third-order valence-corrected chi connectivity index (χ3v) is 4.72. The summed E-state index contributed by atoms with van der Waals surface area (Å²) in [7, 11) is 1.71. The van der Waals surface area contributed by atoms with Gasteiger partial charge >= 0.3 is 6.03 Å². The number of piperidine rings is 1. The highest BCUT2D eigenvalue weighted by atomic mass is 16.3. The Morgan fingerprint density at radius 1 is 1.43 bits per heavy atom. The number of aromatic nitrogens is 1. The second-order valence-electron chi connectivity index (χ2n) is 6.30. The number of likely N-dealkylation sites (N-methyl/N-ethyl adjacent to an activating group) is 1. The lowest BCUT2D eigenvalue weighted by molar-refractivity contribution is 0.157. The Morgan fingerprint density at radius 2 is 2.09 bits per heavy atom. The molecule has 128 valence electrons. The van der Waals surface area contributed by atoms with Crippen molar-refractivity contribution in [2.45, 2.75) is 32.2 Å². The van der Waals surface area contributed by atoms with Gasteiger partial charge in [0.05, 0.1) is 12.6 Å². The number of anilines is 1. The van der Waals surface area contributed by atoms with Gasteiger partial charge in [-0.05, 0) is 44.2 Å². The quantitative estimate of drug-likeness (QED) is 0.837. The predicted molar refractivity (Wildman–Crippen MR) is 91.5 cm³/mol. The van der Waals surface area contributed by atoms with Gasteiger partial charge in [-0.15, -0.1) is 0 Å². The molecular weight excluding hydrogens is 292 g/mol. The molecule has 2 heterocycles. The molecule has 1 atom stereocenters. The van der Waals surface area contributed by atoms with Crippen LogP contribution in [0.25, 0.3) is 0 Å². The van der Waals surface area contributed by atoms with Gasteiger partial charge in [-0.25, -0.2) is 4.79 Å².